The normalized spacial score (nSPS) is 15.1. The van der Waals surface area contributed by atoms with E-state index in [1.807, 2.05) is 11.0 Å². The molecule has 3 rings (SSSR count). The average molecular weight is 321 g/mol. The van der Waals surface area contributed by atoms with Crippen molar-refractivity contribution in [3.63, 3.8) is 0 Å². The van der Waals surface area contributed by atoms with Crippen molar-refractivity contribution in [2.24, 2.45) is 7.05 Å². The van der Waals surface area contributed by atoms with Gasteiger partial charge >= 0.3 is 0 Å². The van der Waals surface area contributed by atoms with Gasteiger partial charge in [-0.1, -0.05) is 11.6 Å². The van der Waals surface area contributed by atoms with Gasteiger partial charge in [0.25, 0.3) is 5.56 Å². The lowest BCUT2D eigenvalue weighted by Crippen LogP contribution is -2.40. The first-order valence-corrected chi connectivity index (χ1v) is 7.39. The molecule has 3 heterocycles. The summed E-state index contributed by atoms with van der Waals surface area (Å²) in [6.45, 7) is 2.63. The molecule has 0 radical (unpaired) electrons. The number of anilines is 2. The van der Waals surface area contributed by atoms with Crippen molar-refractivity contribution in [3.8, 4) is 11.1 Å². The second kappa shape index (κ2) is 5.98. The van der Waals surface area contributed by atoms with Crippen molar-refractivity contribution >= 4 is 23.0 Å². The molecule has 0 unspecified atom stereocenters. The van der Waals surface area contributed by atoms with E-state index < -0.39 is 0 Å². The number of morpholine rings is 1. The van der Waals surface area contributed by atoms with Crippen LogP contribution >= 0.6 is 11.6 Å². The van der Waals surface area contributed by atoms with Gasteiger partial charge in [0.1, 0.15) is 10.8 Å². The van der Waals surface area contributed by atoms with Gasteiger partial charge in [-0.15, -0.1) is 0 Å². The second-order valence-electron chi connectivity index (χ2n) is 5.24. The lowest BCUT2D eigenvalue weighted by molar-refractivity contribution is 0.122. The minimum atomic E-state index is -0.0429. The summed E-state index contributed by atoms with van der Waals surface area (Å²) in [4.78, 5) is 18.5. The molecule has 1 saturated heterocycles. The summed E-state index contributed by atoms with van der Waals surface area (Å²) in [5.74, 6) is 0. The third-order valence-electron chi connectivity index (χ3n) is 3.69. The molecule has 0 atom stereocenters. The monoisotopic (exact) mass is 320 g/mol. The zero-order valence-electron chi connectivity index (χ0n) is 12.3. The SMILES string of the molecule is Cn1cc(-c2cc(N)cnc2Cl)cc(N2CCOCC2)c1=O. The molecule has 6 nitrogen and oxygen atoms in total. The molecule has 1 fully saturated rings. The van der Waals surface area contributed by atoms with Gasteiger partial charge < -0.3 is 19.9 Å². The third kappa shape index (κ3) is 2.80. The van der Waals surface area contributed by atoms with Crippen LogP contribution in [0.1, 0.15) is 0 Å². The van der Waals surface area contributed by atoms with Crippen molar-refractivity contribution < 1.29 is 4.74 Å². The molecule has 2 aromatic heterocycles. The summed E-state index contributed by atoms with van der Waals surface area (Å²) in [5.41, 5.74) is 8.45. The van der Waals surface area contributed by atoms with E-state index >= 15 is 0 Å². The predicted molar refractivity (Wildman–Crippen MR) is 87.4 cm³/mol. The van der Waals surface area contributed by atoms with Gasteiger partial charge in [-0.05, 0) is 12.1 Å². The van der Waals surface area contributed by atoms with Crippen LogP contribution in [0.2, 0.25) is 5.15 Å². The van der Waals surface area contributed by atoms with Crippen LogP contribution in [0.4, 0.5) is 11.4 Å². The number of ether oxygens (including phenoxy) is 1. The number of nitrogens with zero attached hydrogens (tertiary/aromatic N) is 3. The molecule has 2 N–H and O–H groups in total. The quantitative estimate of drug-likeness (QED) is 0.849. The minimum absolute atomic E-state index is 0.0429. The third-order valence-corrected chi connectivity index (χ3v) is 3.99. The summed E-state index contributed by atoms with van der Waals surface area (Å²) < 4.78 is 6.90. The molecule has 116 valence electrons. The van der Waals surface area contributed by atoms with Crippen molar-refractivity contribution in [1.82, 2.24) is 9.55 Å². The van der Waals surface area contributed by atoms with E-state index in [1.54, 1.807) is 23.9 Å². The Bertz CT molecular complexity index is 754. The van der Waals surface area contributed by atoms with Crippen molar-refractivity contribution in [3.05, 3.63) is 40.0 Å². The highest BCUT2D eigenvalue weighted by Gasteiger charge is 2.17. The van der Waals surface area contributed by atoms with Gasteiger partial charge in [0.2, 0.25) is 0 Å². The number of halogens is 1. The van der Waals surface area contributed by atoms with Crippen LogP contribution in [0.5, 0.6) is 0 Å². The average Bonchev–Trinajstić information content (AvgIpc) is 2.53. The largest absolute Gasteiger partial charge is 0.397 e. The van der Waals surface area contributed by atoms with Crippen molar-refractivity contribution in [2.75, 3.05) is 36.9 Å². The van der Waals surface area contributed by atoms with Gasteiger partial charge in [-0.25, -0.2) is 4.98 Å². The number of pyridine rings is 2. The number of nitrogen functional groups attached to an aromatic ring is 1. The Hall–Kier alpha value is -2.05. The first kappa shape index (κ1) is 14.9. The van der Waals surface area contributed by atoms with Gasteiger partial charge in [-0.3, -0.25) is 4.79 Å². The van der Waals surface area contributed by atoms with Gasteiger partial charge in [0.05, 0.1) is 25.1 Å². The van der Waals surface area contributed by atoms with Crippen LogP contribution in [0, 0.1) is 0 Å². The molecule has 2 aromatic rings. The molecule has 1 aliphatic heterocycles. The summed E-state index contributed by atoms with van der Waals surface area (Å²) >= 11 is 6.17. The summed E-state index contributed by atoms with van der Waals surface area (Å²) in [7, 11) is 1.73. The minimum Gasteiger partial charge on any atom is -0.397 e. The topological polar surface area (TPSA) is 73.4 Å². The van der Waals surface area contributed by atoms with Crippen LogP contribution in [0.25, 0.3) is 11.1 Å². The number of aryl methyl sites for hydroxylation is 1. The molecule has 0 spiro atoms. The van der Waals surface area contributed by atoms with E-state index in [1.165, 1.54) is 6.20 Å². The molecule has 0 aromatic carbocycles. The molecule has 0 amide bonds. The fourth-order valence-corrected chi connectivity index (χ4v) is 2.75. The summed E-state index contributed by atoms with van der Waals surface area (Å²) in [6, 6.07) is 3.61. The van der Waals surface area contributed by atoms with Crippen molar-refractivity contribution in [2.45, 2.75) is 0 Å². The highest BCUT2D eigenvalue weighted by Crippen LogP contribution is 2.29. The molecule has 1 aliphatic rings. The van der Waals surface area contributed by atoms with Gasteiger partial charge in [0, 0.05) is 37.5 Å². The van der Waals surface area contributed by atoms with E-state index in [4.69, 9.17) is 22.1 Å². The number of aromatic nitrogens is 2. The second-order valence-corrected chi connectivity index (χ2v) is 5.59. The Balaban J connectivity index is 2.11. The van der Waals surface area contributed by atoms with Crippen LogP contribution in [-0.2, 0) is 11.8 Å². The molecule has 7 heteroatoms. The van der Waals surface area contributed by atoms with E-state index in [2.05, 4.69) is 4.98 Å². The van der Waals surface area contributed by atoms with Crippen LogP contribution < -0.4 is 16.2 Å². The first-order chi connectivity index (χ1) is 10.6. The smallest absolute Gasteiger partial charge is 0.273 e. The standard InChI is InChI=1S/C15H17ClN4O2/c1-19-9-10(12-7-11(17)8-18-14(12)16)6-13(15(19)21)20-2-4-22-5-3-20/h6-9H,2-5,17H2,1H3. The summed E-state index contributed by atoms with van der Waals surface area (Å²) in [5, 5.41) is 0.362. The predicted octanol–water partition coefficient (Wildman–Crippen LogP) is 1.52. The molecule has 0 bridgehead atoms. The van der Waals surface area contributed by atoms with Crippen LogP contribution in [0.3, 0.4) is 0 Å². The van der Waals surface area contributed by atoms with Crippen LogP contribution in [-0.4, -0.2) is 35.9 Å². The van der Waals surface area contributed by atoms with E-state index in [0.717, 1.165) is 5.56 Å². The van der Waals surface area contributed by atoms with Crippen LogP contribution in [0.15, 0.2) is 29.3 Å². The molecule has 0 saturated carbocycles. The number of nitrogens with two attached hydrogens (primary N) is 1. The molecule has 22 heavy (non-hydrogen) atoms. The maximum atomic E-state index is 12.4. The lowest BCUT2D eigenvalue weighted by atomic mass is 10.1. The zero-order chi connectivity index (χ0) is 15.7. The number of rotatable bonds is 2. The van der Waals surface area contributed by atoms with Gasteiger partial charge in [-0.2, -0.15) is 0 Å². The summed E-state index contributed by atoms with van der Waals surface area (Å²) in [6.07, 6.45) is 3.26. The van der Waals surface area contributed by atoms with E-state index in [9.17, 15) is 4.79 Å². The molecular weight excluding hydrogens is 304 g/mol. The Kier molecular flexibility index (Phi) is 4.04. The Morgan fingerprint density at radius 2 is 2.05 bits per heavy atom. The van der Waals surface area contributed by atoms with E-state index in [0.29, 0.717) is 48.4 Å². The maximum Gasteiger partial charge on any atom is 0.273 e. The number of hydrogen-bond acceptors (Lipinski definition) is 5. The Morgan fingerprint density at radius 1 is 1.32 bits per heavy atom. The maximum absolute atomic E-state index is 12.4. The van der Waals surface area contributed by atoms with Gasteiger partial charge in [0.15, 0.2) is 0 Å². The lowest BCUT2D eigenvalue weighted by Gasteiger charge is -2.28. The number of hydrogen-bond donors (Lipinski definition) is 1. The zero-order valence-corrected chi connectivity index (χ0v) is 13.0. The molecule has 0 aliphatic carbocycles. The molecular formula is C15H17ClN4O2. The van der Waals surface area contributed by atoms with Crippen molar-refractivity contribution in [1.29, 1.82) is 0 Å². The Labute approximate surface area is 133 Å². The Morgan fingerprint density at radius 3 is 2.77 bits per heavy atom. The van der Waals surface area contributed by atoms with E-state index in [-0.39, 0.29) is 5.56 Å². The first-order valence-electron chi connectivity index (χ1n) is 7.01. The fraction of sp³-hybridized carbons (Fsp3) is 0.333. The highest BCUT2D eigenvalue weighted by molar-refractivity contribution is 6.32. The highest BCUT2D eigenvalue weighted by atomic mass is 35.5. The fourth-order valence-electron chi connectivity index (χ4n) is 2.54.